The number of aryl methyl sites for hydroxylation is 1. The zero-order chi connectivity index (χ0) is 29.0. The average molecular weight is 581 g/mol. The molecule has 1 fully saturated rings. The van der Waals surface area contributed by atoms with Gasteiger partial charge in [0.15, 0.2) is 11.4 Å². The Kier molecular flexibility index (Phi) is 11.8. The average Bonchev–Trinajstić information content (AvgIpc) is 3.41. The van der Waals surface area contributed by atoms with Gasteiger partial charge in [-0.3, -0.25) is 9.59 Å². The van der Waals surface area contributed by atoms with Gasteiger partial charge in [-0.05, 0) is 29.5 Å². The number of aliphatic hydroxyl groups is 1. The lowest BCUT2D eigenvalue weighted by Gasteiger charge is -2.36. The molecule has 2 heterocycles. The molecule has 9 nitrogen and oxygen atoms in total. The molecule has 2 amide bonds. The van der Waals surface area contributed by atoms with Gasteiger partial charge in [-0.25, -0.2) is 4.98 Å². The van der Waals surface area contributed by atoms with Crippen LogP contribution in [0.2, 0.25) is 0 Å². The molecule has 41 heavy (non-hydrogen) atoms. The van der Waals surface area contributed by atoms with Gasteiger partial charge in [0, 0.05) is 63.6 Å². The summed E-state index contributed by atoms with van der Waals surface area (Å²) in [5.74, 6) is 0.742. The summed E-state index contributed by atoms with van der Waals surface area (Å²) in [5, 5.41) is 16.1. The van der Waals surface area contributed by atoms with Crippen LogP contribution in [0.25, 0.3) is 0 Å². The predicted molar refractivity (Wildman–Crippen MR) is 158 cm³/mol. The van der Waals surface area contributed by atoms with Crippen LogP contribution in [0.1, 0.15) is 73.7 Å². The largest absolute Gasteiger partial charge is 0.392 e. The first-order valence-corrected chi connectivity index (χ1v) is 15.1. The van der Waals surface area contributed by atoms with E-state index in [1.807, 2.05) is 66.3 Å². The molecule has 0 unspecified atom stereocenters. The molecule has 4 rings (SSSR count). The quantitative estimate of drug-likeness (QED) is 0.189. The van der Waals surface area contributed by atoms with Crippen LogP contribution in [-0.4, -0.2) is 44.9 Å². The summed E-state index contributed by atoms with van der Waals surface area (Å²) in [6.07, 6.45) is 6.76. The first kappa shape index (κ1) is 30.8. The van der Waals surface area contributed by atoms with Crippen molar-refractivity contribution >= 4 is 23.6 Å². The number of hydrogen-bond acceptors (Lipinski definition) is 7. The van der Waals surface area contributed by atoms with Gasteiger partial charge in [0.05, 0.1) is 18.8 Å². The topological polar surface area (TPSA) is 115 Å². The van der Waals surface area contributed by atoms with E-state index in [-0.39, 0.29) is 30.6 Å². The molecule has 3 aromatic rings. The van der Waals surface area contributed by atoms with Gasteiger partial charge in [0.2, 0.25) is 11.8 Å². The summed E-state index contributed by atoms with van der Waals surface area (Å²) in [4.78, 5) is 27.6. The molecule has 0 bridgehead atoms. The molecule has 3 atom stereocenters. The normalized spacial score (nSPS) is 18.7. The summed E-state index contributed by atoms with van der Waals surface area (Å²) in [7, 11) is 1.98. The second-order valence-corrected chi connectivity index (χ2v) is 11.3. The number of thioether (sulfide) groups is 1. The van der Waals surface area contributed by atoms with E-state index in [1.165, 1.54) is 6.92 Å². The van der Waals surface area contributed by atoms with Crippen LogP contribution in [0.3, 0.4) is 0 Å². The first-order chi connectivity index (χ1) is 19.9. The van der Waals surface area contributed by atoms with Gasteiger partial charge in [0.25, 0.3) is 0 Å². The summed E-state index contributed by atoms with van der Waals surface area (Å²) in [6.45, 7) is 2.62. The number of carbonyl (C=O) groups excluding carboxylic acids is 2. The highest BCUT2D eigenvalue weighted by atomic mass is 32.2. The summed E-state index contributed by atoms with van der Waals surface area (Å²) < 4.78 is 14.9. The van der Waals surface area contributed by atoms with Crippen LogP contribution >= 0.6 is 11.8 Å². The Hall–Kier alpha value is -3.18. The zero-order valence-corrected chi connectivity index (χ0v) is 24.6. The molecule has 1 saturated heterocycles. The molecule has 1 aliphatic heterocycles. The van der Waals surface area contributed by atoms with Crippen molar-refractivity contribution in [2.75, 3.05) is 12.3 Å². The number of rotatable bonds is 14. The Morgan fingerprint density at radius 3 is 2.41 bits per heavy atom. The number of benzene rings is 2. The van der Waals surface area contributed by atoms with Crippen LogP contribution in [0.4, 0.5) is 0 Å². The van der Waals surface area contributed by atoms with Crippen LogP contribution < -0.4 is 10.6 Å². The Morgan fingerprint density at radius 1 is 1.00 bits per heavy atom. The van der Waals surface area contributed by atoms with Crippen molar-refractivity contribution < 1.29 is 24.2 Å². The zero-order valence-electron chi connectivity index (χ0n) is 23.8. The van der Waals surface area contributed by atoms with E-state index >= 15 is 0 Å². The third-order valence-electron chi connectivity index (χ3n) is 6.99. The predicted octanol–water partition coefficient (Wildman–Crippen LogP) is 4.56. The highest BCUT2D eigenvalue weighted by Gasteiger charge is 2.32. The van der Waals surface area contributed by atoms with Gasteiger partial charge in [-0.15, -0.1) is 0 Å². The van der Waals surface area contributed by atoms with Crippen molar-refractivity contribution in [1.29, 1.82) is 0 Å². The highest BCUT2D eigenvalue weighted by Crippen LogP contribution is 2.39. The Bertz CT molecular complexity index is 1250. The second-order valence-electron chi connectivity index (χ2n) is 10.3. The van der Waals surface area contributed by atoms with Gasteiger partial charge in [-0.1, -0.05) is 66.7 Å². The van der Waals surface area contributed by atoms with Crippen molar-refractivity contribution in [2.45, 2.75) is 75.8 Å². The van der Waals surface area contributed by atoms with Crippen molar-refractivity contribution in [1.82, 2.24) is 20.2 Å². The molecule has 0 radical (unpaired) electrons. The number of carbonyl (C=O) groups is 2. The van der Waals surface area contributed by atoms with E-state index in [0.717, 1.165) is 52.4 Å². The molecule has 3 N–H and O–H groups in total. The van der Waals surface area contributed by atoms with Crippen LogP contribution in [0, 0.1) is 0 Å². The van der Waals surface area contributed by atoms with E-state index in [2.05, 4.69) is 15.6 Å². The Labute approximate surface area is 246 Å². The molecule has 0 saturated carbocycles. The lowest BCUT2D eigenvalue weighted by atomic mass is 10.0. The van der Waals surface area contributed by atoms with Crippen LogP contribution in [-0.2, 0) is 39.3 Å². The molecule has 1 aliphatic rings. The van der Waals surface area contributed by atoms with Crippen molar-refractivity contribution in [3.8, 4) is 0 Å². The smallest absolute Gasteiger partial charge is 0.220 e. The number of aromatic nitrogens is 2. The van der Waals surface area contributed by atoms with Crippen LogP contribution in [0.5, 0.6) is 0 Å². The molecular formula is C31H40N4O5S. The fourth-order valence-electron chi connectivity index (χ4n) is 4.61. The SMILES string of the molecule is CC(=O)NCCCCCC(=O)NCc1ccc([C@H]2O[C@@H](CSc3nccn3C)C[C@@H](c3ccc(CO)cc3)O2)cc1. The van der Waals surface area contributed by atoms with E-state index in [0.29, 0.717) is 25.9 Å². The first-order valence-electron chi connectivity index (χ1n) is 14.1. The lowest BCUT2D eigenvalue weighted by Crippen LogP contribution is -2.31. The monoisotopic (exact) mass is 580 g/mol. The standard InChI is InChI=1S/C31H40N4O5S/c1-22(37)32-15-5-3-4-6-29(38)34-19-23-7-13-26(14-8-23)30-39-27(21-41-31-33-16-17-35(31)2)18-28(40-30)25-11-9-24(20-36)10-12-25/h7-14,16-17,27-28,30,36H,3-6,15,18-21H2,1-2H3,(H,32,37)(H,34,38)/t27-,28+,30+/m1/s1. The number of aliphatic hydroxyl groups excluding tert-OH is 1. The Morgan fingerprint density at radius 2 is 1.73 bits per heavy atom. The molecular weight excluding hydrogens is 540 g/mol. The number of ether oxygens (including phenoxy) is 2. The van der Waals surface area contributed by atoms with E-state index in [1.54, 1.807) is 18.0 Å². The molecule has 2 aromatic carbocycles. The maximum Gasteiger partial charge on any atom is 0.220 e. The number of nitrogens with zero attached hydrogens (tertiary/aromatic N) is 2. The van der Waals surface area contributed by atoms with Gasteiger partial charge < -0.3 is 29.8 Å². The summed E-state index contributed by atoms with van der Waals surface area (Å²) >= 11 is 1.66. The minimum Gasteiger partial charge on any atom is -0.392 e. The summed E-state index contributed by atoms with van der Waals surface area (Å²) in [5.41, 5.74) is 3.84. The van der Waals surface area contributed by atoms with Gasteiger partial charge in [0.1, 0.15) is 0 Å². The number of imidazole rings is 1. The number of amides is 2. The van der Waals surface area contributed by atoms with Crippen molar-refractivity contribution in [3.63, 3.8) is 0 Å². The molecule has 0 aliphatic carbocycles. The molecule has 0 spiro atoms. The highest BCUT2D eigenvalue weighted by molar-refractivity contribution is 7.99. The maximum absolute atomic E-state index is 12.2. The third kappa shape index (κ3) is 9.71. The van der Waals surface area contributed by atoms with E-state index < -0.39 is 6.29 Å². The fourth-order valence-corrected chi connectivity index (χ4v) is 5.56. The van der Waals surface area contributed by atoms with E-state index in [4.69, 9.17) is 9.47 Å². The molecule has 220 valence electrons. The number of hydrogen-bond donors (Lipinski definition) is 3. The van der Waals surface area contributed by atoms with Gasteiger partial charge in [-0.2, -0.15) is 0 Å². The number of nitrogens with one attached hydrogen (secondary N) is 2. The third-order valence-corrected chi connectivity index (χ3v) is 8.18. The fraction of sp³-hybridized carbons (Fsp3) is 0.452. The molecule has 10 heteroatoms. The minimum atomic E-state index is -0.528. The minimum absolute atomic E-state index is 0.00715. The molecule has 1 aromatic heterocycles. The Balaban J connectivity index is 1.32. The van der Waals surface area contributed by atoms with Crippen LogP contribution in [0.15, 0.2) is 66.1 Å². The van der Waals surface area contributed by atoms with E-state index in [9.17, 15) is 14.7 Å². The summed E-state index contributed by atoms with van der Waals surface area (Å²) in [6, 6.07) is 15.8. The van der Waals surface area contributed by atoms with Crippen molar-refractivity contribution in [2.24, 2.45) is 7.05 Å². The van der Waals surface area contributed by atoms with Crippen molar-refractivity contribution in [3.05, 3.63) is 83.2 Å². The lowest BCUT2D eigenvalue weighted by molar-refractivity contribution is -0.245. The number of unbranched alkanes of at least 4 members (excludes halogenated alkanes) is 2. The second kappa shape index (κ2) is 15.7. The van der Waals surface area contributed by atoms with Gasteiger partial charge >= 0.3 is 0 Å². The maximum atomic E-state index is 12.2.